The van der Waals surface area contributed by atoms with E-state index in [1.807, 2.05) is 32.7 Å². The molecule has 0 rings (SSSR count). The molecule has 0 saturated heterocycles. The van der Waals surface area contributed by atoms with Crippen LogP contribution in [0.1, 0.15) is 20.8 Å². The van der Waals surface area contributed by atoms with Gasteiger partial charge in [0.1, 0.15) is 5.78 Å². The van der Waals surface area contributed by atoms with E-state index in [1.165, 1.54) is 0 Å². The molecule has 0 bridgehead atoms. The third-order valence-corrected chi connectivity index (χ3v) is 1.61. The van der Waals surface area contributed by atoms with Gasteiger partial charge in [0.2, 0.25) is 0 Å². The molecule has 0 unspecified atom stereocenters. The van der Waals surface area contributed by atoms with E-state index in [9.17, 15) is 4.79 Å². The van der Waals surface area contributed by atoms with Crippen LogP contribution in [0.4, 0.5) is 0 Å². The number of hydrogen-bond donors (Lipinski definition) is 0. The molecule has 0 spiro atoms. The third-order valence-electron chi connectivity index (χ3n) is 1.61. The summed E-state index contributed by atoms with van der Waals surface area (Å²) in [5.74, 6) is 0.498. The van der Waals surface area contributed by atoms with Gasteiger partial charge in [0.05, 0.1) is 6.54 Å². The minimum absolute atomic E-state index is 0.175. The second-order valence-electron chi connectivity index (χ2n) is 2.95. The molecule has 2 heteroatoms. The van der Waals surface area contributed by atoms with Crippen LogP contribution in [0.15, 0.2) is 0 Å². The topological polar surface area (TPSA) is 20.3 Å². The Morgan fingerprint density at radius 1 is 1.50 bits per heavy atom. The van der Waals surface area contributed by atoms with E-state index in [2.05, 4.69) is 0 Å². The monoisotopic (exact) mass is 143 g/mol. The molecule has 0 atom stereocenters. The van der Waals surface area contributed by atoms with Crippen molar-refractivity contribution < 1.29 is 4.79 Å². The van der Waals surface area contributed by atoms with Crippen LogP contribution >= 0.6 is 0 Å². The van der Waals surface area contributed by atoms with Gasteiger partial charge in [-0.05, 0) is 13.6 Å². The fraction of sp³-hybridized carbons (Fsp3) is 0.875. The summed E-state index contributed by atoms with van der Waals surface area (Å²) in [6, 6.07) is 0. The summed E-state index contributed by atoms with van der Waals surface area (Å²) in [6.45, 7) is 7.46. The average Bonchev–Trinajstić information content (AvgIpc) is 1.87. The lowest BCUT2D eigenvalue weighted by Crippen LogP contribution is -2.28. The zero-order valence-corrected chi connectivity index (χ0v) is 7.35. The number of nitrogens with zero attached hydrogens (tertiary/aromatic N) is 1. The molecule has 2 nitrogen and oxygen atoms in total. The summed E-state index contributed by atoms with van der Waals surface area (Å²) in [4.78, 5) is 13.1. The summed E-state index contributed by atoms with van der Waals surface area (Å²) in [5, 5.41) is 0. The number of Topliss-reactive ketones (excluding diaryl/α,β-unsaturated/α-hetero) is 1. The van der Waals surface area contributed by atoms with Gasteiger partial charge in [0.25, 0.3) is 0 Å². The Bertz CT molecular complexity index is 110. The van der Waals surface area contributed by atoms with Crippen LogP contribution in [-0.2, 0) is 4.79 Å². The van der Waals surface area contributed by atoms with Gasteiger partial charge in [0, 0.05) is 5.92 Å². The molecule has 0 aromatic rings. The van der Waals surface area contributed by atoms with E-state index in [1.54, 1.807) is 0 Å². The van der Waals surface area contributed by atoms with Crippen molar-refractivity contribution in [2.75, 3.05) is 20.1 Å². The highest BCUT2D eigenvalue weighted by molar-refractivity contribution is 5.82. The highest BCUT2D eigenvalue weighted by Gasteiger charge is 2.08. The van der Waals surface area contributed by atoms with E-state index in [0.29, 0.717) is 12.3 Å². The molecule has 0 radical (unpaired) electrons. The fourth-order valence-electron chi connectivity index (χ4n) is 0.560. The van der Waals surface area contributed by atoms with Gasteiger partial charge in [-0.1, -0.05) is 20.8 Å². The van der Waals surface area contributed by atoms with Crippen molar-refractivity contribution in [1.29, 1.82) is 0 Å². The molecule has 0 aromatic heterocycles. The molecular formula is C8H17NO. The Morgan fingerprint density at radius 3 is 2.30 bits per heavy atom. The van der Waals surface area contributed by atoms with E-state index < -0.39 is 0 Å². The first kappa shape index (κ1) is 9.63. The molecule has 0 aliphatic heterocycles. The van der Waals surface area contributed by atoms with Crippen molar-refractivity contribution >= 4 is 5.78 Å². The standard InChI is InChI=1S/C8H17NO/c1-5-9(4)6-8(10)7(2)3/h7H,5-6H2,1-4H3. The molecule has 0 fully saturated rings. The Hall–Kier alpha value is -0.370. The Balaban J connectivity index is 3.57. The summed E-state index contributed by atoms with van der Waals surface area (Å²) in [5.41, 5.74) is 0. The van der Waals surface area contributed by atoms with E-state index in [-0.39, 0.29) is 5.92 Å². The van der Waals surface area contributed by atoms with Crippen molar-refractivity contribution in [2.24, 2.45) is 5.92 Å². The lowest BCUT2D eigenvalue weighted by molar-refractivity contribution is -0.122. The van der Waals surface area contributed by atoms with E-state index in [4.69, 9.17) is 0 Å². The summed E-state index contributed by atoms with van der Waals surface area (Å²) in [7, 11) is 1.96. The fourth-order valence-corrected chi connectivity index (χ4v) is 0.560. The Kier molecular flexibility index (Phi) is 4.28. The molecule has 0 heterocycles. The Labute approximate surface area is 63.2 Å². The number of carbonyl (C=O) groups excluding carboxylic acids is 1. The largest absolute Gasteiger partial charge is 0.299 e. The second kappa shape index (κ2) is 4.45. The zero-order chi connectivity index (χ0) is 8.15. The van der Waals surface area contributed by atoms with Gasteiger partial charge in [0.15, 0.2) is 0 Å². The van der Waals surface area contributed by atoms with Crippen LogP contribution in [0, 0.1) is 5.92 Å². The lowest BCUT2D eigenvalue weighted by Gasteiger charge is -2.13. The van der Waals surface area contributed by atoms with Crippen LogP contribution in [-0.4, -0.2) is 30.8 Å². The molecular weight excluding hydrogens is 126 g/mol. The van der Waals surface area contributed by atoms with Crippen LogP contribution in [0.2, 0.25) is 0 Å². The maximum Gasteiger partial charge on any atom is 0.149 e. The number of rotatable bonds is 4. The highest BCUT2D eigenvalue weighted by Crippen LogP contribution is 1.95. The maximum absolute atomic E-state index is 11.1. The number of carbonyl (C=O) groups is 1. The van der Waals surface area contributed by atoms with Crippen LogP contribution in [0.25, 0.3) is 0 Å². The van der Waals surface area contributed by atoms with E-state index >= 15 is 0 Å². The van der Waals surface area contributed by atoms with Crippen molar-refractivity contribution in [2.45, 2.75) is 20.8 Å². The van der Waals surface area contributed by atoms with E-state index in [0.717, 1.165) is 6.54 Å². The van der Waals surface area contributed by atoms with Crippen LogP contribution in [0.3, 0.4) is 0 Å². The molecule has 0 aliphatic rings. The van der Waals surface area contributed by atoms with Crippen molar-refractivity contribution in [3.63, 3.8) is 0 Å². The quantitative estimate of drug-likeness (QED) is 0.588. The van der Waals surface area contributed by atoms with Crippen molar-refractivity contribution in [3.8, 4) is 0 Å². The predicted octanol–water partition coefficient (Wildman–Crippen LogP) is 1.16. The molecule has 10 heavy (non-hydrogen) atoms. The van der Waals surface area contributed by atoms with Crippen LogP contribution in [0.5, 0.6) is 0 Å². The van der Waals surface area contributed by atoms with Crippen molar-refractivity contribution in [3.05, 3.63) is 0 Å². The highest BCUT2D eigenvalue weighted by atomic mass is 16.1. The number of hydrogen-bond acceptors (Lipinski definition) is 2. The predicted molar refractivity (Wildman–Crippen MR) is 43.0 cm³/mol. The minimum atomic E-state index is 0.175. The molecule has 0 aliphatic carbocycles. The first-order valence-electron chi connectivity index (χ1n) is 3.79. The normalized spacial score (nSPS) is 11.0. The van der Waals surface area contributed by atoms with Gasteiger partial charge in [-0.2, -0.15) is 0 Å². The van der Waals surface area contributed by atoms with Crippen molar-refractivity contribution in [1.82, 2.24) is 4.90 Å². The SMILES string of the molecule is CCN(C)CC(=O)C(C)C. The number of ketones is 1. The van der Waals surface area contributed by atoms with Gasteiger partial charge in [-0.15, -0.1) is 0 Å². The summed E-state index contributed by atoms with van der Waals surface area (Å²) in [6.07, 6.45) is 0. The van der Waals surface area contributed by atoms with Gasteiger partial charge in [-0.25, -0.2) is 0 Å². The summed E-state index contributed by atoms with van der Waals surface area (Å²) < 4.78 is 0. The number of likely N-dealkylation sites (N-methyl/N-ethyl adjacent to an activating group) is 1. The summed E-state index contributed by atoms with van der Waals surface area (Å²) >= 11 is 0. The van der Waals surface area contributed by atoms with Crippen LogP contribution < -0.4 is 0 Å². The molecule has 60 valence electrons. The molecule has 0 saturated carbocycles. The second-order valence-corrected chi connectivity index (χ2v) is 2.95. The first-order chi connectivity index (χ1) is 4.57. The minimum Gasteiger partial charge on any atom is -0.299 e. The first-order valence-corrected chi connectivity index (χ1v) is 3.79. The maximum atomic E-state index is 11.1. The molecule has 0 aromatic carbocycles. The average molecular weight is 143 g/mol. The molecule has 0 amide bonds. The molecule has 0 N–H and O–H groups in total. The smallest absolute Gasteiger partial charge is 0.149 e. The van der Waals surface area contributed by atoms with Gasteiger partial charge >= 0.3 is 0 Å². The van der Waals surface area contributed by atoms with Gasteiger partial charge < -0.3 is 0 Å². The lowest BCUT2D eigenvalue weighted by atomic mass is 10.1. The Morgan fingerprint density at radius 2 is 2.00 bits per heavy atom. The third kappa shape index (κ3) is 3.62. The van der Waals surface area contributed by atoms with Gasteiger partial charge in [-0.3, -0.25) is 9.69 Å². The zero-order valence-electron chi connectivity index (χ0n) is 7.35.